The molecular formula is C20H19BrClN3O5. The first kappa shape index (κ1) is 23.4. The molecule has 0 saturated heterocycles. The summed E-state index contributed by atoms with van der Waals surface area (Å²) >= 11 is 9.03. The Morgan fingerprint density at radius 2 is 1.53 bits per heavy atom. The lowest BCUT2D eigenvalue weighted by Gasteiger charge is -2.08. The number of halogens is 2. The molecule has 0 aliphatic carbocycles. The standard InChI is InChI=1S/C20H19BrClN3O5/c21-14-6-4-13(5-7-14)20(29)25-24-18(27)12-30-19(28)3-1-2-17(26)23-16-10-8-15(22)9-11-16/h4-11H,1-3,12H2,(H,23,26)(H,24,27)(H,25,29). The van der Waals surface area contributed by atoms with Gasteiger partial charge in [-0.3, -0.25) is 30.0 Å². The molecule has 0 aromatic heterocycles. The molecule has 10 heteroatoms. The predicted molar refractivity (Wildman–Crippen MR) is 115 cm³/mol. The predicted octanol–water partition coefficient (Wildman–Crippen LogP) is 3.22. The van der Waals surface area contributed by atoms with Crippen LogP contribution in [-0.2, 0) is 19.1 Å². The molecule has 0 atom stereocenters. The summed E-state index contributed by atoms with van der Waals surface area (Å²) in [5.41, 5.74) is 5.34. The van der Waals surface area contributed by atoms with Crippen LogP contribution in [0.3, 0.4) is 0 Å². The Hall–Kier alpha value is -2.91. The van der Waals surface area contributed by atoms with Crippen LogP contribution in [0.5, 0.6) is 0 Å². The molecule has 158 valence electrons. The van der Waals surface area contributed by atoms with Gasteiger partial charge < -0.3 is 10.1 Å². The fourth-order valence-corrected chi connectivity index (χ4v) is 2.59. The van der Waals surface area contributed by atoms with Gasteiger partial charge in [-0.25, -0.2) is 0 Å². The highest BCUT2D eigenvalue weighted by Crippen LogP contribution is 2.14. The third-order valence-electron chi connectivity index (χ3n) is 3.70. The number of esters is 1. The van der Waals surface area contributed by atoms with Crippen LogP contribution in [0.4, 0.5) is 5.69 Å². The number of amides is 3. The van der Waals surface area contributed by atoms with Crippen LogP contribution in [0.1, 0.15) is 29.6 Å². The van der Waals surface area contributed by atoms with Crippen LogP contribution in [0.25, 0.3) is 0 Å². The van der Waals surface area contributed by atoms with Gasteiger partial charge in [-0.2, -0.15) is 0 Å². The van der Waals surface area contributed by atoms with Crippen molar-refractivity contribution in [1.29, 1.82) is 0 Å². The van der Waals surface area contributed by atoms with E-state index < -0.39 is 24.4 Å². The zero-order chi connectivity index (χ0) is 21.9. The van der Waals surface area contributed by atoms with Crippen molar-refractivity contribution in [2.24, 2.45) is 0 Å². The van der Waals surface area contributed by atoms with Crippen molar-refractivity contribution in [2.45, 2.75) is 19.3 Å². The largest absolute Gasteiger partial charge is 0.455 e. The summed E-state index contributed by atoms with van der Waals surface area (Å²) in [5, 5.41) is 3.24. The zero-order valence-electron chi connectivity index (χ0n) is 15.7. The zero-order valence-corrected chi connectivity index (χ0v) is 18.1. The Morgan fingerprint density at radius 1 is 0.867 bits per heavy atom. The molecular weight excluding hydrogens is 478 g/mol. The Kier molecular flexibility index (Phi) is 9.30. The fraction of sp³-hybridized carbons (Fsp3) is 0.200. The minimum absolute atomic E-state index is 0.0213. The Morgan fingerprint density at radius 3 is 2.20 bits per heavy atom. The molecule has 0 radical (unpaired) electrons. The third kappa shape index (κ3) is 8.62. The number of benzene rings is 2. The summed E-state index contributed by atoms with van der Waals surface area (Å²) in [4.78, 5) is 47.0. The lowest BCUT2D eigenvalue weighted by atomic mass is 10.2. The molecule has 0 spiro atoms. The molecule has 0 aliphatic rings. The van der Waals surface area contributed by atoms with Gasteiger partial charge in [0.15, 0.2) is 6.61 Å². The second-order valence-corrected chi connectivity index (χ2v) is 7.43. The number of carbonyl (C=O) groups excluding carboxylic acids is 4. The number of anilines is 1. The van der Waals surface area contributed by atoms with Crippen molar-refractivity contribution in [3.8, 4) is 0 Å². The minimum Gasteiger partial charge on any atom is -0.455 e. The number of hydrazine groups is 1. The maximum absolute atomic E-state index is 11.9. The second kappa shape index (κ2) is 11.9. The van der Waals surface area contributed by atoms with E-state index in [0.29, 0.717) is 16.3 Å². The van der Waals surface area contributed by atoms with E-state index in [0.717, 1.165) is 4.47 Å². The summed E-state index contributed by atoms with van der Waals surface area (Å²) in [6.45, 7) is -0.545. The molecule has 0 heterocycles. The van der Waals surface area contributed by atoms with E-state index in [2.05, 4.69) is 32.1 Å². The van der Waals surface area contributed by atoms with Crippen LogP contribution in [0, 0.1) is 0 Å². The van der Waals surface area contributed by atoms with Gasteiger partial charge in [-0.05, 0) is 55.0 Å². The van der Waals surface area contributed by atoms with Crippen LogP contribution >= 0.6 is 27.5 Å². The monoisotopic (exact) mass is 495 g/mol. The molecule has 8 nitrogen and oxygen atoms in total. The van der Waals surface area contributed by atoms with Crippen molar-refractivity contribution in [2.75, 3.05) is 11.9 Å². The first-order valence-corrected chi connectivity index (χ1v) is 10.1. The van der Waals surface area contributed by atoms with Gasteiger partial charge in [0.2, 0.25) is 5.91 Å². The molecule has 30 heavy (non-hydrogen) atoms. The van der Waals surface area contributed by atoms with Gasteiger partial charge in [-0.1, -0.05) is 27.5 Å². The van der Waals surface area contributed by atoms with Gasteiger partial charge in [0.05, 0.1) is 0 Å². The highest BCUT2D eigenvalue weighted by atomic mass is 79.9. The van der Waals surface area contributed by atoms with E-state index in [4.69, 9.17) is 16.3 Å². The smallest absolute Gasteiger partial charge is 0.306 e. The Labute approximate surface area is 186 Å². The van der Waals surface area contributed by atoms with Crippen LogP contribution in [-0.4, -0.2) is 30.3 Å². The molecule has 0 aliphatic heterocycles. The second-order valence-electron chi connectivity index (χ2n) is 6.08. The molecule has 3 amide bonds. The average Bonchev–Trinajstić information content (AvgIpc) is 2.72. The Bertz CT molecular complexity index is 904. The van der Waals surface area contributed by atoms with Crippen molar-refractivity contribution in [1.82, 2.24) is 10.9 Å². The average molecular weight is 497 g/mol. The van der Waals surface area contributed by atoms with Crippen LogP contribution < -0.4 is 16.2 Å². The summed E-state index contributed by atoms with van der Waals surface area (Å²) in [6, 6.07) is 13.2. The van der Waals surface area contributed by atoms with Gasteiger partial charge in [0.25, 0.3) is 11.8 Å². The van der Waals surface area contributed by atoms with Crippen molar-refractivity contribution in [3.63, 3.8) is 0 Å². The number of ether oxygens (including phenoxy) is 1. The maximum Gasteiger partial charge on any atom is 0.306 e. The number of rotatable bonds is 8. The van der Waals surface area contributed by atoms with Crippen molar-refractivity contribution in [3.05, 3.63) is 63.6 Å². The molecule has 2 aromatic carbocycles. The lowest BCUT2D eigenvalue weighted by molar-refractivity contribution is -0.148. The van der Waals surface area contributed by atoms with Crippen LogP contribution in [0.15, 0.2) is 53.0 Å². The number of hydrogen-bond acceptors (Lipinski definition) is 5. The summed E-state index contributed by atoms with van der Waals surface area (Å²) < 4.78 is 5.63. The van der Waals surface area contributed by atoms with E-state index >= 15 is 0 Å². The first-order valence-electron chi connectivity index (χ1n) is 8.89. The first-order chi connectivity index (χ1) is 14.3. The quantitative estimate of drug-likeness (QED) is 0.384. The molecule has 3 N–H and O–H groups in total. The lowest BCUT2D eigenvalue weighted by Crippen LogP contribution is -2.43. The number of hydrogen-bond donors (Lipinski definition) is 3. The van der Waals surface area contributed by atoms with E-state index in [1.54, 1.807) is 48.5 Å². The van der Waals surface area contributed by atoms with Gasteiger partial charge in [0, 0.05) is 33.6 Å². The minimum atomic E-state index is -0.686. The third-order valence-corrected chi connectivity index (χ3v) is 4.48. The summed E-state index contributed by atoms with van der Waals surface area (Å²) in [5.74, 6) is -2.06. The van der Waals surface area contributed by atoms with E-state index in [-0.39, 0.29) is 25.2 Å². The molecule has 0 bridgehead atoms. The normalized spacial score (nSPS) is 10.1. The van der Waals surface area contributed by atoms with Gasteiger partial charge >= 0.3 is 5.97 Å². The van der Waals surface area contributed by atoms with E-state index in [1.165, 1.54) is 0 Å². The van der Waals surface area contributed by atoms with Gasteiger partial charge in [0.1, 0.15) is 0 Å². The highest BCUT2D eigenvalue weighted by molar-refractivity contribution is 9.10. The molecule has 0 fully saturated rings. The van der Waals surface area contributed by atoms with Gasteiger partial charge in [-0.15, -0.1) is 0 Å². The molecule has 0 saturated carbocycles. The molecule has 2 rings (SSSR count). The number of carbonyl (C=O) groups is 4. The SMILES string of the molecule is O=C(COC(=O)CCCC(=O)Nc1ccc(Cl)cc1)NNC(=O)c1ccc(Br)cc1. The number of nitrogens with one attached hydrogen (secondary N) is 3. The Balaban J connectivity index is 1.59. The van der Waals surface area contributed by atoms with E-state index in [9.17, 15) is 19.2 Å². The maximum atomic E-state index is 11.9. The van der Waals surface area contributed by atoms with E-state index in [1.807, 2.05) is 0 Å². The summed E-state index contributed by atoms with van der Waals surface area (Å²) in [6.07, 6.45) is 0.361. The van der Waals surface area contributed by atoms with Crippen LogP contribution in [0.2, 0.25) is 5.02 Å². The van der Waals surface area contributed by atoms with Crippen molar-refractivity contribution < 1.29 is 23.9 Å². The fourth-order valence-electron chi connectivity index (χ4n) is 2.20. The topological polar surface area (TPSA) is 114 Å². The van der Waals surface area contributed by atoms with Crippen molar-refractivity contribution >= 4 is 56.9 Å². The highest BCUT2D eigenvalue weighted by Gasteiger charge is 2.11. The molecule has 0 unspecified atom stereocenters. The summed E-state index contributed by atoms with van der Waals surface area (Å²) in [7, 11) is 0. The molecule has 2 aromatic rings.